The molecule has 1 aromatic carbocycles. The fourth-order valence-corrected chi connectivity index (χ4v) is 3.60. The fourth-order valence-electron chi connectivity index (χ4n) is 2.71. The van der Waals surface area contributed by atoms with Crippen molar-refractivity contribution in [1.82, 2.24) is 20.1 Å². The summed E-state index contributed by atoms with van der Waals surface area (Å²) >= 11 is 1.41. The number of H-pyrrole nitrogens is 1. The number of fused-ring (bicyclic) bond motifs is 1. The maximum absolute atomic E-state index is 12.1. The predicted molar refractivity (Wildman–Crippen MR) is 98.9 cm³/mol. The van der Waals surface area contributed by atoms with Gasteiger partial charge in [0.2, 0.25) is 0 Å². The molecule has 0 bridgehead atoms. The van der Waals surface area contributed by atoms with E-state index in [1.165, 1.54) is 17.5 Å². The minimum atomic E-state index is -0.261. The first-order chi connectivity index (χ1) is 12.8. The number of thiazole rings is 1. The highest BCUT2D eigenvalue weighted by molar-refractivity contribution is 7.22. The molecule has 0 unspecified atom stereocenters. The molecule has 2 N–H and O–H groups in total. The number of hydrogen-bond donors (Lipinski definition) is 2. The fraction of sp³-hybridized carbons (Fsp3) is 0.353. The summed E-state index contributed by atoms with van der Waals surface area (Å²) in [6, 6.07) is 7.38. The molecular formula is C17H19N5O3S. The lowest BCUT2D eigenvalue weighted by atomic mass is 10.3. The van der Waals surface area contributed by atoms with Gasteiger partial charge < -0.3 is 9.47 Å². The monoisotopic (exact) mass is 373 g/mol. The van der Waals surface area contributed by atoms with Gasteiger partial charge in [0.05, 0.1) is 23.4 Å². The molecule has 8 nitrogen and oxygen atoms in total. The van der Waals surface area contributed by atoms with E-state index in [1.54, 1.807) is 6.07 Å². The molecule has 26 heavy (non-hydrogen) atoms. The maximum Gasteiger partial charge on any atom is 0.275 e. The molecule has 4 rings (SSSR count). The van der Waals surface area contributed by atoms with E-state index in [0.29, 0.717) is 17.4 Å². The van der Waals surface area contributed by atoms with E-state index in [2.05, 4.69) is 25.4 Å². The predicted octanol–water partition coefficient (Wildman–Crippen LogP) is 1.98. The Morgan fingerprint density at radius 2 is 2.23 bits per heavy atom. The number of hydrogen-bond acceptors (Lipinski definition) is 7. The third-order valence-electron chi connectivity index (χ3n) is 4.11. The smallest absolute Gasteiger partial charge is 0.275 e. The zero-order chi connectivity index (χ0) is 17.8. The molecule has 0 aliphatic carbocycles. The van der Waals surface area contributed by atoms with E-state index in [0.717, 1.165) is 48.8 Å². The second-order valence-corrected chi connectivity index (χ2v) is 6.91. The number of aromatic nitrogens is 3. The second kappa shape index (κ2) is 7.81. The van der Waals surface area contributed by atoms with Crippen LogP contribution in [0, 0.1) is 0 Å². The zero-order valence-corrected chi connectivity index (χ0v) is 14.9. The highest BCUT2D eigenvalue weighted by Crippen LogP contribution is 2.29. The average molecular weight is 373 g/mol. The molecular weight excluding hydrogens is 354 g/mol. The van der Waals surface area contributed by atoms with Crippen LogP contribution in [0.4, 0.5) is 5.13 Å². The highest BCUT2D eigenvalue weighted by Gasteiger charge is 2.12. The first-order valence-corrected chi connectivity index (χ1v) is 9.24. The number of carbonyl (C=O) groups excluding carboxylic acids is 1. The van der Waals surface area contributed by atoms with Crippen molar-refractivity contribution in [3.05, 3.63) is 36.2 Å². The van der Waals surface area contributed by atoms with Crippen LogP contribution in [-0.2, 0) is 4.74 Å². The van der Waals surface area contributed by atoms with E-state index in [9.17, 15) is 4.79 Å². The lowest BCUT2D eigenvalue weighted by Gasteiger charge is -2.26. The maximum atomic E-state index is 12.1. The summed E-state index contributed by atoms with van der Waals surface area (Å²) in [4.78, 5) is 18.8. The molecule has 2 aromatic heterocycles. The van der Waals surface area contributed by atoms with E-state index in [1.807, 2.05) is 18.2 Å². The number of rotatable bonds is 6. The Balaban J connectivity index is 1.36. The largest absolute Gasteiger partial charge is 0.492 e. The average Bonchev–Trinajstić information content (AvgIpc) is 3.31. The molecule has 1 amide bonds. The standard InChI is InChI=1S/C17H19N5O3S/c23-16(14-3-4-18-21-14)20-17-19-13-2-1-12(11-15(13)26-17)25-10-7-22-5-8-24-9-6-22/h1-4,11H,5-10H2,(H,18,21)(H,19,20,23). The molecule has 0 spiro atoms. The summed E-state index contributed by atoms with van der Waals surface area (Å²) in [7, 11) is 0. The Morgan fingerprint density at radius 3 is 3.04 bits per heavy atom. The van der Waals surface area contributed by atoms with Crippen LogP contribution in [0.25, 0.3) is 10.2 Å². The van der Waals surface area contributed by atoms with Crippen molar-refractivity contribution in [3.8, 4) is 5.75 Å². The van der Waals surface area contributed by atoms with Gasteiger partial charge in [0, 0.05) is 25.8 Å². The number of anilines is 1. The quantitative estimate of drug-likeness (QED) is 0.686. The molecule has 1 fully saturated rings. The number of morpholine rings is 1. The molecule has 1 saturated heterocycles. The van der Waals surface area contributed by atoms with Gasteiger partial charge >= 0.3 is 0 Å². The van der Waals surface area contributed by atoms with Crippen molar-refractivity contribution >= 4 is 32.6 Å². The molecule has 9 heteroatoms. The number of amides is 1. The van der Waals surface area contributed by atoms with E-state index < -0.39 is 0 Å². The van der Waals surface area contributed by atoms with Crippen LogP contribution in [0.2, 0.25) is 0 Å². The molecule has 136 valence electrons. The molecule has 0 saturated carbocycles. The van der Waals surface area contributed by atoms with Crippen molar-refractivity contribution in [2.24, 2.45) is 0 Å². The van der Waals surface area contributed by atoms with Gasteiger partial charge in [-0.1, -0.05) is 11.3 Å². The number of nitrogens with zero attached hydrogens (tertiary/aromatic N) is 3. The van der Waals surface area contributed by atoms with Crippen molar-refractivity contribution in [2.45, 2.75) is 0 Å². The van der Waals surface area contributed by atoms with E-state index in [4.69, 9.17) is 9.47 Å². The van der Waals surface area contributed by atoms with Gasteiger partial charge in [-0.3, -0.25) is 20.1 Å². The molecule has 1 aliphatic rings. The Kier molecular flexibility index (Phi) is 5.09. The summed E-state index contributed by atoms with van der Waals surface area (Å²) in [5.41, 5.74) is 1.23. The minimum Gasteiger partial charge on any atom is -0.492 e. The number of aromatic amines is 1. The van der Waals surface area contributed by atoms with Crippen molar-refractivity contribution in [2.75, 3.05) is 44.8 Å². The van der Waals surface area contributed by atoms with Crippen LogP contribution in [0.3, 0.4) is 0 Å². The molecule has 0 atom stereocenters. The van der Waals surface area contributed by atoms with E-state index in [-0.39, 0.29) is 5.91 Å². The first kappa shape index (κ1) is 17.0. The third kappa shape index (κ3) is 4.01. The van der Waals surface area contributed by atoms with Gasteiger partial charge in [0.1, 0.15) is 18.1 Å². The summed E-state index contributed by atoms with van der Waals surface area (Å²) in [6.07, 6.45) is 1.54. The van der Waals surface area contributed by atoms with Gasteiger partial charge in [0.25, 0.3) is 5.91 Å². The molecule has 0 radical (unpaired) electrons. The zero-order valence-electron chi connectivity index (χ0n) is 14.1. The van der Waals surface area contributed by atoms with Crippen LogP contribution in [0.1, 0.15) is 10.5 Å². The Hall–Kier alpha value is -2.49. The lowest BCUT2D eigenvalue weighted by molar-refractivity contribution is 0.0322. The van der Waals surface area contributed by atoms with Crippen LogP contribution in [0.5, 0.6) is 5.75 Å². The van der Waals surface area contributed by atoms with Gasteiger partial charge in [0.15, 0.2) is 5.13 Å². The van der Waals surface area contributed by atoms with Gasteiger partial charge in [-0.05, 0) is 24.3 Å². The molecule has 1 aliphatic heterocycles. The number of benzene rings is 1. The minimum absolute atomic E-state index is 0.261. The molecule has 3 heterocycles. The van der Waals surface area contributed by atoms with Crippen LogP contribution in [0.15, 0.2) is 30.5 Å². The highest BCUT2D eigenvalue weighted by atomic mass is 32.1. The Morgan fingerprint density at radius 1 is 1.35 bits per heavy atom. The summed E-state index contributed by atoms with van der Waals surface area (Å²) in [5.74, 6) is 0.546. The van der Waals surface area contributed by atoms with Crippen molar-refractivity contribution < 1.29 is 14.3 Å². The summed E-state index contributed by atoms with van der Waals surface area (Å²) in [5, 5.41) is 9.73. The summed E-state index contributed by atoms with van der Waals surface area (Å²) < 4.78 is 12.2. The summed E-state index contributed by atoms with van der Waals surface area (Å²) in [6.45, 7) is 5.01. The van der Waals surface area contributed by atoms with Crippen molar-refractivity contribution in [1.29, 1.82) is 0 Å². The van der Waals surface area contributed by atoms with Crippen LogP contribution in [-0.4, -0.2) is 65.4 Å². The number of ether oxygens (including phenoxy) is 2. The van der Waals surface area contributed by atoms with Crippen LogP contribution >= 0.6 is 11.3 Å². The Bertz CT molecular complexity index is 874. The van der Waals surface area contributed by atoms with E-state index >= 15 is 0 Å². The third-order valence-corrected chi connectivity index (χ3v) is 5.04. The normalized spacial score (nSPS) is 15.2. The first-order valence-electron chi connectivity index (χ1n) is 8.42. The topological polar surface area (TPSA) is 92.4 Å². The van der Waals surface area contributed by atoms with Gasteiger partial charge in [-0.25, -0.2) is 4.98 Å². The second-order valence-electron chi connectivity index (χ2n) is 5.88. The molecule has 3 aromatic rings. The number of nitrogens with one attached hydrogen (secondary N) is 2. The van der Waals surface area contributed by atoms with Crippen molar-refractivity contribution in [3.63, 3.8) is 0 Å². The van der Waals surface area contributed by atoms with Gasteiger partial charge in [-0.15, -0.1) is 0 Å². The number of carbonyl (C=O) groups is 1. The van der Waals surface area contributed by atoms with Crippen LogP contribution < -0.4 is 10.1 Å². The lowest BCUT2D eigenvalue weighted by Crippen LogP contribution is -2.38. The SMILES string of the molecule is O=C(Nc1nc2ccc(OCCN3CCOCC3)cc2s1)c1ccn[nH]1. The van der Waals surface area contributed by atoms with Gasteiger partial charge in [-0.2, -0.15) is 5.10 Å². The Labute approximate surface area is 154 Å².